The minimum Gasteiger partial charge on any atom is -0.478 e. The zero-order valence-corrected chi connectivity index (χ0v) is 8.64. The van der Waals surface area contributed by atoms with E-state index in [1.165, 1.54) is 6.07 Å². The van der Waals surface area contributed by atoms with Gasteiger partial charge >= 0.3 is 12.0 Å². The molecule has 1 aromatic rings. The third-order valence-corrected chi connectivity index (χ3v) is 2.49. The number of carbonyl (C=O) groups excluding carboxylic acids is 1. The minimum atomic E-state index is -0.951. The van der Waals surface area contributed by atoms with E-state index in [9.17, 15) is 9.59 Å². The number of nitrogens with zero attached hydrogens (tertiary/aromatic N) is 1. The molecule has 1 aromatic carbocycles. The molecule has 1 saturated heterocycles. The van der Waals surface area contributed by atoms with Gasteiger partial charge in [0.15, 0.2) is 0 Å². The Kier molecular flexibility index (Phi) is 2.76. The summed E-state index contributed by atoms with van der Waals surface area (Å²) in [6.45, 7) is 1.76. The van der Waals surface area contributed by atoms with Crippen molar-refractivity contribution in [1.82, 2.24) is 10.2 Å². The quantitative estimate of drug-likeness (QED) is 0.795. The molecule has 2 amide bonds. The zero-order valence-electron chi connectivity index (χ0n) is 8.64. The van der Waals surface area contributed by atoms with Crippen molar-refractivity contribution in [2.24, 2.45) is 0 Å². The average Bonchev–Trinajstić information content (AvgIpc) is 2.65. The van der Waals surface area contributed by atoms with E-state index in [1.807, 2.05) is 6.07 Å². The summed E-state index contributed by atoms with van der Waals surface area (Å²) in [5, 5.41) is 11.5. The molecule has 0 aromatic heterocycles. The number of rotatable bonds is 3. The smallest absolute Gasteiger partial charge is 0.335 e. The molecule has 0 saturated carbocycles. The van der Waals surface area contributed by atoms with Crippen molar-refractivity contribution in [3.8, 4) is 0 Å². The molecule has 0 aliphatic carbocycles. The molecule has 0 radical (unpaired) electrons. The van der Waals surface area contributed by atoms with Crippen LogP contribution in [0.2, 0.25) is 0 Å². The number of carbonyl (C=O) groups is 2. The summed E-state index contributed by atoms with van der Waals surface area (Å²) in [6, 6.07) is 6.54. The highest BCUT2D eigenvalue weighted by Crippen LogP contribution is 2.10. The van der Waals surface area contributed by atoms with Crippen LogP contribution in [-0.2, 0) is 6.54 Å². The largest absolute Gasteiger partial charge is 0.478 e. The molecule has 0 atom stereocenters. The first-order valence-corrected chi connectivity index (χ1v) is 5.02. The molecule has 1 fully saturated rings. The zero-order chi connectivity index (χ0) is 11.5. The number of carboxylic acid groups (broad SMARTS) is 1. The van der Waals surface area contributed by atoms with Crippen LogP contribution in [0.3, 0.4) is 0 Å². The number of hydrogen-bond donors (Lipinski definition) is 2. The molecule has 16 heavy (non-hydrogen) atoms. The number of nitrogens with one attached hydrogen (secondary N) is 1. The lowest BCUT2D eigenvalue weighted by molar-refractivity contribution is 0.0696. The summed E-state index contributed by atoms with van der Waals surface area (Å²) >= 11 is 0. The molecule has 0 spiro atoms. The summed E-state index contributed by atoms with van der Waals surface area (Å²) in [7, 11) is 0. The highest BCUT2D eigenvalue weighted by atomic mass is 16.4. The number of benzene rings is 1. The fourth-order valence-electron chi connectivity index (χ4n) is 1.69. The Balaban J connectivity index is 2.12. The Labute approximate surface area is 92.7 Å². The second-order valence-corrected chi connectivity index (χ2v) is 3.66. The van der Waals surface area contributed by atoms with Gasteiger partial charge in [0.1, 0.15) is 0 Å². The van der Waals surface area contributed by atoms with Gasteiger partial charge in [0.05, 0.1) is 5.56 Å². The van der Waals surface area contributed by atoms with Crippen molar-refractivity contribution in [3.63, 3.8) is 0 Å². The van der Waals surface area contributed by atoms with E-state index in [4.69, 9.17) is 5.11 Å². The van der Waals surface area contributed by atoms with Gasteiger partial charge < -0.3 is 15.3 Å². The third kappa shape index (κ3) is 2.13. The Morgan fingerprint density at radius 2 is 2.31 bits per heavy atom. The number of amides is 2. The summed E-state index contributed by atoms with van der Waals surface area (Å²) < 4.78 is 0. The SMILES string of the molecule is O=C(O)c1cccc(CN2CCNC2=O)c1. The minimum absolute atomic E-state index is 0.0965. The van der Waals surface area contributed by atoms with Gasteiger partial charge in [-0.1, -0.05) is 12.1 Å². The van der Waals surface area contributed by atoms with Gasteiger partial charge in [-0.25, -0.2) is 9.59 Å². The van der Waals surface area contributed by atoms with Gasteiger partial charge in [0.25, 0.3) is 0 Å². The van der Waals surface area contributed by atoms with Crippen LogP contribution in [0.1, 0.15) is 15.9 Å². The Bertz CT molecular complexity index is 431. The molecule has 2 N–H and O–H groups in total. The topological polar surface area (TPSA) is 69.6 Å². The maximum Gasteiger partial charge on any atom is 0.335 e. The maximum atomic E-state index is 11.3. The molecular formula is C11H12N2O3. The predicted octanol–water partition coefficient (Wildman–Crippen LogP) is 0.910. The molecule has 2 rings (SSSR count). The van der Waals surface area contributed by atoms with E-state index >= 15 is 0 Å². The van der Waals surface area contributed by atoms with Crippen LogP contribution in [0.5, 0.6) is 0 Å². The first-order valence-electron chi connectivity index (χ1n) is 5.02. The van der Waals surface area contributed by atoms with Crippen molar-refractivity contribution in [2.45, 2.75) is 6.54 Å². The summed E-state index contributed by atoms with van der Waals surface area (Å²) in [5.41, 5.74) is 1.08. The summed E-state index contributed by atoms with van der Waals surface area (Å²) in [4.78, 5) is 23.7. The van der Waals surface area contributed by atoms with Gasteiger partial charge in [-0.15, -0.1) is 0 Å². The fraction of sp³-hybridized carbons (Fsp3) is 0.273. The van der Waals surface area contributed by atoms with Gasteiger partial charge in [0.2, 0.25) is 0 Å². The summed E-state index contributed by atoms with van der Waals surface area (Å²) in [6.07, 6.45) is 0. The molecule has 1 aliphatic heterocycles. The Morgan fingerprint density at radius 3 is 2.94 bits per heavy atom. The van der Waals surface area contributed by atoms with Gasteiger partial charge in [-0.2, -0.15) is 0 Å². The van der Waals surface area contributed by atoms with Crippen LogP contribution in [0, 0.1) is 0 Å². The predicted molar refractivity (Wildman–Crippen MR) is 57.2 cm³/mol. The molecular weight excluding hydrogens is 208 g/mol. The number of aromatic carboxylic acids is 1. The number of carboxylic acids is 1. The fourth-order valence-corrected chi connectivity index (χ4v) is 1.69. The van der Waals surface area contributed by atoms with Crippen LogP contribution in [0.15, 0.2) is 24.3 Å². The number of hydrogen-bond acceptors (Lipinski definition) is 2. The normalized spacial score (nSPS) is 15.0. The van der Waals surface area contributed by atoms with Crippen LogP contribution >= 0.6 is 0 Å². The molecule has 1 aliphatic rings. The average molecular weight is 220 g/mol. The van der Waals surface area contributed by atoms with Crippen molar-refractivity contribution < 1.29 is 14.7 Å². The lowest BCUT2D eigenvalue weighted by Crippen LogP contribution is -2.27. The maximum absolute atomic E-state index is 11.3. The van der Waals surface area contributed by atoms with Crippen LogP contribution in [-0.4, -0.2) is 35.1 Å². The van der Waals surface area contributed by atoms with Crippen molar-refractivity contribution in [2.75, 3.05) is 13.1 Å². The molecule has 84 valence electrons. The lowest BCUT2D eigenvalue weighted by atomic mass is 10.1. The highest BCUT2D eigenvalue weighted by Gasteiger charge is 2.19. The van der Waals surface area contributed by atoms with E-state index in [-0.39, 0.29) is 11.6 Å². The molecule has 1 heterocycles. The first kappa shape index (κ1) is 10.5. The Hall–Kier alpha value is -2.04. The molecule has 5 nitrogen and oxygen atoms in total. The van der Waals surface area contributed by atoms with Crippen molar-refractivity contribution in [1.29, 1.82) is 0 Å². The summed E-state index contributed by atoms with van der Waals surface area (Å²) in [5.74, 6) is -0.951. The lowest BCUT2D eigenvalue weighted by Gasteiger charge is -2.14. The standard InChI is InChI=1S/C11H12N2O3/c14-10(15)9-3-1-2-8(6-9)7-13-5-4-12-11(13)16/h1-3,6H,4-5,7H2,(H,12,16)(H,14,15). The van der Waals surface area contributed by atoms with Gasteiger partial charge in [0, 0.05) is 19.6 Å². The second-order valence-electron chi connectivity index (χ2n) is 3.66. The first-order chi connectivity index (χ1) is 7.66. The van der Waals surface area contributed by atoms with Crippen LogP contribution < -0.4 is 5.32 Å². The highest BCUT2D eigenvalue weighted by molar-refractivity contribution is 5.87. The molecule has 5 heteroatoms. The van der Waals surface area contributed by atoms with Crippen molar-refractivity contribution in [3.05, 3.63) is 35.4 Å². The Morgan fingerprint density at radius 1 is 1.50 bits per heavy atom. The van der Waals surface area contributed by atoms with Gasteiger partial charge in [-0.3, -0.25) is 0 Å². The monoisotopic (exact) mass is 220 g/mol. The third-order valence-electron chi connectivity index (χ3n) is 2.49. The van der Waals surface area contributed by atoms with E-state index in [2.05, 4.69) is 5.32 Å². The van der Waals surface area contributed by atoms with E-state index in [0.29, 0.717) is 19.6 Å². The second kappa shape index (κ2) is 4.22. The van der Waals surface area contributed by atoms with E-state index in [0.717, 1.165) is 5.56 Å². The van der Waals surface area contributed by atoms with E-state index in [1.54, 1.807) is 17.0 Å². The van der Waals surface area contributed by atoms with E-state index < -0.39 is 5.97 Å². The molecule has 0 unspecified atom stereocenters. The van der Waals surface area contributed by atoms with Crippen LogP contribution in [0.4, 0.5) is 4.79 Å². The van der Waals surface area contributed by atoms with Crippen molar-refractivity contribution >= 4 is 12.0 Å². The number of urea groups is 1. The van der Waals surface area contributed by atoms with Gasteiger partial charge in [-0.05, 0) is 17.7 Å². The van der Waals surface area contributed by atoms with Crippen LogP contribution in [0.25, 0.3) is 0 Å². The molecule has 0 bridgehead atoms.